The van der Waals surface area contributed by atoms with Gasteiger partial charge in [-0.1, -0.05) is 64.6 Å². The maximum absolute atomic E-state index is 6.29. The Kier molecular flexibility index (Phi) is 4.69. The first-order valence-corrected chi connectivity index (χ1v) is 7.08. The Bertz CT molecular complexity index is 592. The summed E-state index contributed by atoms with van der Waals surface area (Å²) in [5.41, 5.74) is 2.18. The second kappa shape index (κ2) is 5.90. The zero-order valence-corrected chi connectivity index (χ0v) is 12.8. The fourth-order valence-electron chi connectivity index (χ4n) is 1.65. The highest BCUT2D eigenvalue weighted by Crippen LogP contribution is 2.42. The summed E-state index contributed by atoms with van der Waals surface area (Å²) in [5.74, 6) is 0.322. The van der Waals surface area contributed by atoms with Crippen LogP contribution in [0.1, 0.15) is 5.56 Å². The Hall–Kier alpha value is -0.110. The molecule has 0 spiro atoms. The molecule has 0 bridgehead atoms. The number of hydrogen-bond donors (Lipinski definition) is 0. The summed E-state index contributed by atoms with van der Waals surface area (Å²) >= 11 is 30.5. The molecule has 2 rings (SSSR count). The molecule has 0 saturated heterocycles. The Labute approximate surface area is 130 Å². The van der Waals surface area contributed by atoms with Crippen molar-refractivity contribution in [3.8, 4) is 11.1 Å². The summed E-state index contributed by atoms with van der Waals surface area (Å²) < 4.78 is 0. The van der Waals surface area contributed by atoms with Gasteiger partial charge in [0.1, 0.15) is 0 Å². The number of rotatable bonds is 2. The molecule has 0 atom stereocenters. The normalized spacial score (nSPS) is 10.7. The third kappa shape index (κ3) is 2.59. The first-order chi connectivity index (χ1) is 8.56. The minimum Gasteiger partial charge on any atom is -0.121 e. The summed E-state index contributed by atoms with van der Waals surface area (Å²) in [5, 5.41) is 1.86. The molecule has 0 amide bonds. The minimum absolute atomic E-state index is 0.322. The molecule has 0 aliphatic carbocycles. The first-order valence-electron chi connectivity index (χ1n) is 5.03. The van der Waals surface area contributed by atoms with Crippen LogP contribution in [0.25, 0.3) is 11.1 Å². The van der Waals surface area contributed by atoms with Crippen molar-refractivity contribution in [1.29, 1.82) is 0 Å². The van der Waals surface area contributed by atoms with Crippen LogP contribution in [0.15, 0.2) is 30.3 Å². The van der Waals surface area contributed by atoms with Gasteiger partial charge in [-0.15, -0.1) is 11.6 Å². The molecule has 0 fully saturated rings. The lowest BCUT2D eigenvalue weighted by Gasteiger charge is -2.12. The van der Waals surface area contributed by atoms with Crippen molar-refractivity contribution >= 4 is 58.0 Å². The summed E-state index contributed by atoms with van der Waals surface area (Å²) in [7, 11) is 0. The second-order valence-electron chi connectivity index (χ2n) is 3.63. The Morgan fingerprint density at radius 1 is 0.778 bits per heavy atom. The molecular formula is C13H7Cl5. The van der Waals surface area contributed by atoms with E-state index >= 15 is 0 Å². The van der Waals surface area contributed by atoms with E-state index in [4.69, 9.17) is 58.0 Å². The molecule has 0 aliphatic rings. The molecular weight excluding hydrogens is 333 g/mol. The molecule has 0 unspecified atom stereocenters. The Morgan fingerprint density at radius 2 is 1.44 bits per heavy atom. The van der Waals surface area contributed by atoms with Crippen molar-refractivity contribution < 1.29 is 0 Å². The third-order valence-electron chi connectivity index (χ3n) is 2.54. The molecule has 0 N–H and O–H groups in total. The Balaban J connectivity index is 2.73. The van der Waals surface area contributed by atoms with Crippen LogP contribution in [-0.2, 0) is 5.88 Å². The van der Waals surface area contributed by atoms with Crippen LogP contribution in [0.2, 0.25) is 20.1 Å². The fourth-order valence-corrected chi connectivity index (χ4v) is 2.96. The van der Waals surface area contributed by atoms with Gasteiger partial charge in [0, 0.05) is 17.0 Å². The van der Waals surface area contributed by atoms with Crippen LogP contribution < -0.4 is 0 Å². The molecule has 5 heteroatoms. The largest absolute Gasteiger partial charge is 0.121 e. The average Bonchev–Trinajstić information content (AvgIpc) is 2.36. The summed E-state index contributed by atoms with van der Waals surface area (Å²) in [4.78, 5) is 0. The molecule has 2 aromatic rings. The van der Waals surface area contributed by atoms with Gasteiger partial charge in [0.25, 0.3) is 0 Å². The van der Waals surface area contributed by atoms with Crippen molar-refractivity contribution in [3.63, 3.8) is 0 Å². The summed E-state index contributed by atoms with van der Waals surface area (Å²) in [6.45, 7) is 0. The van der Waals surface area contributed by atoms with E-state index in [2.05, 4.69) is 0 Å². The predicted octanol–water partition coefficient (Wildman–Crippen LogP) is 6.71. The lowest BCUT2D eigenvalue weighted by molar-refractivity contribution is 1.40. The molecule has 0 aliphatic heterocycles. The van der Waals surface area contributed by atoms with E-state index in [0.29, 0.717) is 31.5 Å². The summed E-state index contributed by atoms with van der Waals surface area (Å²) in [6, 6.07) is 8.88. The van der Waals surface area contributed by atoms with Crippen LogP contribution >= 0.6 is 58.0 Å². The number of alkyl halides is 1. The van der Waals surface area contributed by atoms with Gasteiger partial charge in [0.2, 0.25) is 0 Å². The molecule has 0 nitrogen and oxygen atoms in total. The van der Waals surface area contributed by atoms with Gasteiger partial charge in [-0.3, -0.25) is 0 Å². The molecule has 0 saturated carbocycles. The van der Waals surface area contributed by atoms with Crippen molar-refractivity contribution in [1.82, 2.24) is 0 Å². The zero-order valence-electron chi connectivity index (χ0n) is 8.98. The SMILES string of the molecule is ClCc1cccc(-c2c(Cl)ccc(Cl)c2Cl)c1Cl. The molecule has 94 valence electrons. The molecule has 0 aromatic heterocycles. The van der Waals surface area contributed by atoms with E-state index in [-0.39, 0.29) is 0 Å². The summed E-state index contributed by atoms with van der Waals surface area (Å²) in [6.07, 6.45) is 0. The van der Waals surface area contributed by atoms with Gasteiger partial charge in [0.15, 0.2) is 0 Å². The van der Waals surface area contributed by atoms with E-state index in [9.17, 15) is 0 Å². The number of halogens is 5. The molecule has 18 heavy (non-hydrogen) atoms. The van der Waals surface area contributed by atoms with E-state index < -0.39 is 0 Å². The monoisotopic (exact) mass is 338 g/mol. The smallest absolute Gasteiger partial charge is 0.0686 e. The average molecular weight is 340 g/mol. The van der Waals surface area contributed by atoms with Crippen LogP contribution in [0.5, 0.6) is 0 Å². The van der Waals surface area contributed by atoms with Gasteiger partial charge in [-0.2, -0.15) is 0 Å². The molecule has 0 heterocycles. The van der Waals surface area contributed by atoms with Gasteiger partial charge in [0.05, 0.1) is 20.1 Å². The Morgan fingerprint density at radius 3 is 2.11 bits per heavy atom. The predicted molar refractivity (Wildman–Crippen MR) is 81.5 cm³/mol. The maximum Gasteiger partial charge on any atom is 0.0686 e. The molecule has 0 radical (unpaired) electrons. The quantitative estimate of drug-likeness (QED) is 0.421. The van der Waals surface area contributed by atoms with E-state index in [1.54, 1.807) is 12.1 Å². The van der Waals surface area contributed by atoms with Gasteiger partial charge >= 0.3 is 0 Å². The van der Waals surface area contributed by atoms with Crippen LogP contribution in [-0.4, -0.2) is 0 Å². The van der Waals surface area contributed by atoms with Crippen molar-refractivity contribution in [2.75, 3.05) is 0 Å². The zero-order chi connectivity index (χ0) is 13.3. The lowest BCUT2D eigenvalue weighted by Crippen LogP contribution is -1.88. The maximum atomic E-state index is 6.29. The van der Waals surface area contributed by atoms with E-state index in [1.807, 2.05) is 18.2 Å². The van der Waals surface area contributed by atoms with Crippen molar-refractivity contribution in [3.05, 3.63) is 56.0 Å². The van der Waals surface area contributed by atoms with Crippen LogP contribution in [0.4, 0.5) is 0 Å². The highest BCUT2D eigenvalue weighted by Gasteiger charge is 2.15. The van der Waals surface area contributed by atoms with E-state index in [0.717, 1.165) is 11.1 Å². The van der Waals surface area contributed by atoms with Crippen LogP contribution in [0, 0.1) is 0 Å². The topological polar surface area (TPSA) is 0 Å². The van der Waals surface area contributed by atoms with E-state index in [1.165, 1.54) is 0 Å². The van der Waals surface area contributed by atoms with Gasteiger partial charge < -0.3 is 0 Å². The molecule has 2 aromatic carbocycles. The number of hydrogen-bond acceptors (Lipinski definition) is 0. The lowest BCUT2D eigenvalue weighted by atomic mass is 10.0. The first kappa shape index (κ1) is 14.3. The van der Waals surface area contributed by atoms with Crippen molar-refractivity contribution in [2.45, 2.75) is 5.88 Å². The highest BCUT2D eigenvalue weighted by molar-refractivity contribution is 6.47. The minimum atomic E-state index is 0.322. The van der Waals surface area contributed by atoms with Crippen LogP contribution in [0.3, 0.4) is 0 Å². The highest BCUT2D eigenvalue weighted by atomic mass is 35.5. The second-order valence-corrected chi connectivity index (χ2v) is 5.47. The van der Waals surface area contributed by atoms with Gasteiger partial charge in [-0.25, -0.2) is 0 Å². The standard InChI is InChI=1S/C13H7Cl5/c14-6-7-2-1-3-8(12(7)17)11-9(15)4-5-10(16)13(11)18/h1-5H,6H2. The number of benzene rings is 2. The fraction of sp³-hybridized carbons (Fsp3) is 0.0769. The van der Waals surface area contributed by atoms with Gasteiger partial charge in [-0.05, 0) is 17.7 Å². The third-order valence-corrected chi connectivity index (χ3v) is 4.39. The van der Waals surface area contributed by atoms with Crippen molar-refractivity contribution in [2.24, 2.45) is 0 Å².